The maximum Gasteiger partial charge on any atom is 0.395 e. The Morgan fingerprint density at radius 3 is 2.63 bits per heavy atom. The van der Waals surface area contributed by atoms with Crippen LogP contribution in [-0.2, 0) is 4.79 Å². The fourth-order valence-corrected chi connectivity index (χ4v) is 2.46. The molecule has 1 aliphatic rings. The number of para-hydroxylation sites is 1. The van der Waals surface area contributed by atoms with Crippen molar-refractivity contribution in [2.24, 2.45) is 0 Å². The summed E-state index contributed by atoms with van der Waals surface area (Å²) >= 11 is 0. The van der Waals surface area contributed by atoms with Gasteiger partial charge in [-0.15, -0.1) is 0 Å². The summed E-state index contributed by atoms with van der Waals surface area (Å²) in [6.45, 7) is 1.57. The number of rotatable bonds is 2. The van der Waals surface area contributed by atoms with Gasteiger partial charge < -0.3 is 10.0 Å². The fraction of sp³-hybridized carbons (Fsp3) is 0.462. The maximum absolute atomic E-state index is 13.0. The summed E-state index contributed by atoms with van der Waals surface area (Å²) in [5.74, 6) is -2.55. The van der Waals surface area contributed by atoms with E-state index in [1.807, 2.05) is 0 Å². The molecule has 0 amide bonds. The average Bonchev–Trinajstić information content (AvgIpc) is 2.35. The molecule has 104 valence electrons. The van der Waals surface area contributed by atoms with E-state index >= 15 is 0 Å². The van der Waals surface area contributed by atoms with Gasteiger partial charge in [-0.1, -0.05) is 18.2 Å². The van der Waals surface area contributed by atoms with Crippen molar-refractivity contribution in [3.8, 4) is 0 Å². The molecule has 19 heavy (non-hydrogen) atoms. The lowest BCUT2D eigenvalue weighted by molar-refractivity contribution is -0.152. The van der Waals surface area contributed by atoms with Crippen molar-refractivity contribution in [3.63, 3.8) is 0 Å². The maximum atomic E-state index is 13.0. The first kappa shape index (κ1) is 13.7. The van der Waals surface area contributed by atoms with Crippen LogP contribution in [0.25, 0.3) is 0 Å². The zero-order valence-corrected chi connectivity index (χ0v) is 10.3. The monoisotopic (exact) mass is 273 g/mol. The molecule has 0 saturated carbocycles. The van der Waals surface area contributed by atoms with Gasteiger partial charge in [0.1, 0.15) is 6.04 Å². The Morgan fingerprint density at radius 2 is 2.05 bits per heavy atom. The van der Waals surface area contributed by atoms with Crippen molar-refractivity contribution in [2.75, 3.05) is 11.4 Å². The zero-order chi connectivity index (χ0) is 14.2. The molecule has 1 N–H and O–H groups in total. The van der Waals surface area contributed by atoms with Gasteiger partial charge in [-0.05, 0) is 25.0 Å². The summed E-state index contributed by atoms with van der Waals surface area (Å²) in [5, 5.41) is 9.02. The molecule has 1 aliphatic heterocycles. The first-order valence-corrected chi connectivity index (χ1v) is 5.97. The third kappa shape index (κ3) is 2.52. The second-order valence-electron chi connectivity index (χ2n) is 4.65. The van der Waals surface area contributed by atoms with E-state index in [9.17, 15) is 18.0 Å². The van der Waals surface area contributed by atoms with Crippen LogP contribution in [0, 0.1) is 0 Å². The van der Waals surface area contributed by atoms with Crippen LogP contribution in [0.2, 0.25) is 0 Å². The number of carboxylic acids is 1. The van der Waals surface area contributed by atoms with E-state index < -0.39 is 24.1 Å². The molecule has 0 bridgehead atoms. The minimum absolute atomic E-state index is 0.0919. The van der Waals surface area contributed by atoms with E-state index in [-0.39, 0.29) is 18.5 Å². The number of fused-ring (bicyclic) bond motifs is 1. The molecule has 2 atom stereocenters. The zero-order valence-electron chi connectivity index (χ0n) is 10.3. The van der Waals surface area contributed by atoms with Gasteiger partial charge in [0, 0.05) is 12.2 Å². The number of benzene rings is 1. The predicted octanol–water partition coefficient (Wildman–Crippen LogP) is 3.02. The highest BCUT2D eigenvalue weighted by molar-refractivity contribution is 5.78. The number of carbonyl (C=O) groups is 1. The van der Waals surface area contributed by atoms with Gasteiger partial charge in [-0.2, -0.15) is 13.2 Å². The van der Waals surface area contributed by atoms with Crippen molar-refractivity contribution >= 4 is 11.7 Å². The van der Waals surface area contributed by atoms with E-state index in [4.69, 9.17) is 5.11 Å². The largest absolute Gasteiger partial charge is 0.480 e. The molecule has 0 fully saturated rings. The van der Waals surface area contributed by atoms with Crippen LogP contribution >= 0.6 is 0 Å². The van der Waals surface area contributed by atoms with Crippen molar-refractivity contribution in [2.45, 2.75) is 31.5 Å². The molecule has 0 aromatic heterocycles. The highest BCUT2D eigenvalue weighted by atomic mass is 19.4. The highest BCUT2D eigenvalue weighted by Crippen LogP contribution is 2.45. The Hall–Kier alpha value is -1.72. The number of anilines is 1. The quantitative estimate of drug-likeness (QED) is 0.900. The van der Waals surface area contributed by atoms with Crippen molar-refractivity contribution < 1.29 is 23.1 Å². The molecule has 0 aliphatic carbocycles. The van der Waals surface area contributed by atoms with Gasteiger partial charge in [0.05, 0.1) is 5.92 Å². The van der Waals surface area contributed by atoms with Gasteiger partial charge in [-0.3, -0.25) is 0 Å². The van der Waals surface area contributed by atoms with E-state index in [1.165, 1.54) is 17.9 Å². The lowest BCUT2D eigenvalue weighted by Crippen LogP contribution is -2.44. The third-order valence-corrected chi connectivity index (χ3v) is 3.50. The number of alkyl halides is 3. The van der Waals surface area contributed by atoms with Crippen LogP contribution in [0.15, 0.2) is 24.3 Å². The molecule has 1 heterocycles. The average molecular weight is 273 g/mol. The SMILES string of the molecule is C[C@@H](C(=O)O)N1CC[C@@H](C(F)(F)F)c2ccccc21. The molecule has 0 spiro atoms. The lowest BCUT2D eigenvalue weighted by atomic mass is 9.88. The second-order valence-corrected chi connectivity index (χ2v) is 4.65. The van der Waals surface area contributed by atoms with Crippen molar-refractivity contribution in [3.05, 3.63) is 29.8 Å². The summed E-state index contributed by atoms with van der Waals surface area (Å²) in [5.41, 5.74) is 0.528. The number of aliphatic carboxylic acids is 1. The van der Waals surface area contributed by atoms with Crippen LogP contribution in [0.4, 0.5) is 18.9 Å². The predicted molar refractivity (Wildman–Crippen MR) is 64.3 cm³/mol. The smallest absolute Gasteiger partial charge is 0.395 e. The molecule has 6 heteroatoms. The highest BCUT2D eigenvalue weighted by Gasteiger charge is 2.45. The van der Waals surface area contributed by atoms with Crippen LogP contribution < -0.4 is 4.90 Å². The minimum atomic E-state index is -4.30. The standard InChI is InChI=1S/C13H14F3NO2/c1-8(12(18)19)17-7-6-10(13(14,15)16)9-4-2-3-5-11(9)17/h2-5,8,10H,6-7H2,1H3,(H,18,19)/t8-,10+/m0/s1. The van der Waals surface area contributed by atoms with Gasteiger partial charge in [0.15, 0.2) is 0 Å². The molecule has 0 radical (unpaired) electrons. The Kier molecular flexibility index (Phi) is 3.43. The van der Waals surface area contributed by atoms with Gasteiger partial charge in [0.25, 0.3) is 0 Å². The Bertz CT molecular complexity index is 487. The lowest BCUT2D eigenvalue weighted by Gasteiger charge is -2.38. The number of hydrogen-bond donors (Lipinski definition) is 1. The molecule has 1 aromatic rings. The molecule has 0 unspecified atom stereocenters. The van der Waals surface area contributed by atoms with Crippen LogP contribution in [-0.4, -0.2) is 29.8 Å². The van der Waals surface area contributed by atoms with E-state index in [2.05, 4.69) is 0 Å². The van der Waals surface area contributed by atoms with Crippen molar-refractivity contribution in [1.82, 2.24) is 0 Å². The first-order valence-electron chi connectivity index (χ1n) is 5.97. The van der Waals surface area contributed by atoms with Crippen LogP contribution in [0.1, 0.15) is 24.8 Å². The van der Waals surface area contributed by atoms with Crippen molar-refractivity contribution in [1.29, 1.82) is 0 Å². The molecule has 3 nitrogen and oxygen atoms in total. The Labute approximate surface area is 108 Å². The van der Waals surface area contributed by atoms with Gasteiger partial charge >= 0.3 is 12.1 Å². The summed E-state index contributed by atoms with van der Waals surface area (Å²) < 4.78 is 38.9. The van der Waals surface area contributed by atoms with Gasteiger partial charge in [-0.25, -0.2) is 4.79 Å². The third-order valence-electron chi connectivity index (χ3n) is 3.50. The first-order chi connectivity index (χ1) is 8.82. The molecular formula is C13H14F3NO2. The fourth-order valence-electron chi connectivity index (χ4n) is 2.46. The number of nitrogens with zero attached hydrogens (tertiary/aromatic N) is 1. The second kappa shape index (κ2) is 4.75. The van der Waals surface area contributed by atoms with Crippen LogP contribution in [0.3, 0.4) is 0 Å². The minimum Gasteiger partial charge on any atom is -0.480 e. The number of halogens is 3. The number of carboxylic acid groups (broad SMARTS) is 1. The number of hydrogen-bond acceptors (Lipinski definition) is 2. The van der Waals surface area contributed by atoms with Gasteiger partial charge in [0.2, 0.25) is 0 Å². The summed E-state index contributed by atoms with van der Waals surface area (Å²) in [4.78, 5) is 12.5. The molecular weight excluding hydrogens is 259 g/mol. The summed E-state index contributed by atoms with van der Waals surface area (Å²) in [7, 11) is 0. The molecule has 1 aromatic carbocycles. The van der Waals surface area contributed by atoms with E-state index in [0.717, 1.165) is 0 Å². The van der Waals surface area contributed by atoms with E-state index in [0.29, 0.717) is 5.69 Å². The molecule has 0 saturated heterocycles. The summed E-state index contributed by atoms with van der Waals surface area (Å²) in [6, 6.07) is 5.31. The Morgan fingerprint density at radius 1 is 1.42 bits per heavy atom. The molecule has 2 rings (SSSR count). The van der Waals surface area contributed by atoms with Crippen LogP contribution in [0.5, 0.6) is 0 Å². The normalized spacial score (nSPS) is 20.8. The summed E-state index contributed by atoms with van der Waals surface area (Å²) in [6.07, 6.45) is -4.41. The Balaban J connectivity index is 2.43. The van der Waals surface area contributed by atoms with E-state index in [1.54, 1.807) is 18.2 Å². The topological polar surface area (TPSA) is 40.5 Å².